The predicted octanol–water partition coefficient (Wildman–Crippen LogP) is 0.993. The van der Waals surface area contributed by atoms with E-state index in [1.165, 1.54) is 25.9 Å². The summed E-state index contributed by atoms with van der Waals surface area (Å²) in [5.41, 5.74) is 0.00762. The molecule has 0 aromatic heterocycles. The van der Waals surface area contributed by atoms with Gasteiger partial charge in [0.15, 0.2) is 0 Å². The lowest BCUT2D eigenvalue weighted by atomic mass is 9.68. The Morgan fingerprint density at radius 1 is 1.25 bits per heavy atom. The second kappa shape index (κ2) is 3.81. The Hall–Kier alpha value is -0.410. The molecule has 0 aromatic rings. The van der Waals surface area contributed by atoms with Crippen molar-refractivity contribution in [3.8, 4) is 0 Å². The standard InChI is InChI=1S/C13H22N2O/c1-2-3-4-13-9-14-5-6-15(10-13)8-11(7-14)12(13)16/h11H,2-10H2,1H3. The molecular weight excluding hydrogens is 200 g/mol. The molecule has 90 valence electrons. The highest BCUT2D eigenvalue weighted by molar-refractivity contribution is 5.89. The van der Waals surface area contributed by atoms with Gasteiger partial charge in [-0.1, -0.05) is 19.8 Å². The van der Waals surface area contributed by atoms with Crippen molar-refractivity contribution in [1.29, 1.82) is 0 Å². The molecule has 0 radical (unpaired) electrons. The van der Waals surface area contributed by atoms with E-state index >= 15 is 0 Å². The van der Waals surface area contributed by atoms with Crippen molar-refractivity contribution in [2.75, 3.05) is 39.3 Å². The molecule has 16 heavy (non-hydrogen) atoms. The van der Waals surface area contributed by atoms with Crippen molar-refractivity contribution in [2.45, 2.75) is 26.2 Å². The fourth-order valence-electron chi connectivity index (χ4n) is 3.89. The highest BCUT2D eigenvalue weighted by Crippen LogP contribution is 2.40. The second-order valence-corrected chi connectivity index (χ2v) is 5.92. The van der Waals surface area contributed by atoms with Crippen LogP contribution in [0.5, 0.6) is 0 Å². The molecule has 2 atom stereocenters. The van der Waals surface area contributed by atoms with Gasteiger partial charge in [0.05, 0.1) is 5.41 Å². The maximum atomic E-state index is 12.5. The third-order valence-corrected chi connectivity index (χ3v) is 4.64. The Morgan fingerprint density at radius 3 is 2.44 bits per heavy atom. The lowest BCUT2D eigenvalue weighted by Crippen LogP contribution is -2.61. The molecule has 4 bridgehead atoms. The van der Waals surface area contributed by atoms with Crippen LogP contribution >= 0.6 is 0 Å². The average molecular weight is 222 g/mol. The topological polar surface area (TPSA) is 23.6 Å². The van der Waals surface area contributed by atoms with Crippen molar-refractivity contribution in [3.05, 3.63) is 0 Å². The number of rotatable bonds is 3. The van der Waals surface area contributed by atoms with Gasteiger partial charge in [0.1, 0.15) is 5.78 Å². The molecular formula is C13H22N2O. The van der Waals surface area contributed by atoms with E-state index in [-0.39, 0.29) is 5.41 Å². The molecule has 4 rings (SSSR count). The minimum Gasteiger partial charge on any atom is -0.300 e. The number of hydrogen-bond acceptors (Lipinski definition) is 3. The van der Waals surface area contributed by atoms with Crippen molar-refractivity contribution < 1.29 is 4.79 Å². The molecule has 4 saturated heterocycles. The quantitative estimate of drug-likeness (QED) is 0.711. The largest absolute Gasteiger partial charge is 0.300 e. The Kier molecular flexibility index (Phi) is 2.55. The SMILES string of the molecule is CCCCC12CN3CCN(CC(C3)C1=O)C2. The number of fused-ring (bicyclic) bond motifs is 1. The summed E-state index contributed by atoms with van der Waals surface area (Å²) >= 11 is 0. The molecule has 3 nitrogen and oxygen atoms in total. The maximum Gasteiger partial charge on any atom is 0.147 e. The normalized spacial score (nSPS) is 46.1. The summed E-state index contributed by atoms with van der Waals surface area (Å²) in [5, 5.41) is 0. The van der Waals surface area contributed by atoms with Crippen molar-refractivity contribution in [1.82, 2.24) is 9.80 Å². The Balaban J connectivity index is 1.88. The predicted molar refractivity (Wildman–Crippen MR) is 63.3 cm³/mol. The monoisotopic (exact) mass is 222 g/mol. The van der Waals surface area contributed by atoms with E-state index in [0.29, 0.717) is 11.7 Å². The Morgan fingerprint density at radius 2 is 1.88 bits per heavy atom. The lowest BCUT2D eigenvalue weighted by Gasteiger charge is -2.48. The fraction of sp³-hybridized carbons (Fsp3) is 0.923. The zero-order chi connectivity index (χ0) is 11.2. The van der Waals surface area contributed by atoms with Crippen molar-refractivity contribution >= 4 is 5.78 Å². The first kappa shape index (κ1) is 10.7. The molecule has 3 heteroatoms. The van der Waals surface area contributed by atoms with Gasteiger partial charge >= 0.3 is 0 Å². The summed E-state index contributed by atoms with van der Waals surface area (Å²) in [6.45, 7) is 8.72. The number of nitrogens with zero attached hydrogens (tertiary/aromatic N) is 2. The summed E-state index contributed by atoms with van der Waals surface area (Å²) in [6, 6.07) is 0. The molecule has 4 aliphatic rings. The van der Waals surface area contributed by atoms with Crippen molar-refractivity contribution in [2.24, 2.45) is 11.3 Å². The molecule has 4 fully saturated rings. The van der Waals surface area contributed by atoms with Crippen LogP contribution in [0.15, 0.2) is 0 Å². The minimum absolute atomic E-state index is 0.00762. The van der Waals surface area contributed by atoms with Crippen LogP contribution in [0, 0.1) is 11.3 Å². The van der Waals surface area contributed by atoms with Crippen LogP contribution in [-0.2, 0) is 4.79 Å². The van der Waals surface area contributed by atoms with E-state index in [2.05, 4.69) is 16.7 Å². The highest BCUT2D eigenvalue weighted by atomic mass is 16.1. The van der Waals surface area contributed by atoms with Gasteiger partial charge in [0, 0.05) is 45.2 Å². The molecule has 0 spiro atoms. The lowest BCUT2D eigenvalue weighted by molar-refractivity contribution is -0.145. The molecule has 0 aliphatic carbocycles. The zero-order valence-electron chi connectivity index (χ0n) is 10.2. The second-order valence-electron chi connectivity index (χ2n) is 5.92. The molecule has 0 amide bonds. The number of carbonyl (C=O) groups is 1. The van der Waals surface area contributed by atoms with Gasteiger partial charge < -0.3 is 9.80 Å². The summed E-state index contributed by atoms with van der Waals surface area (Å²) in [4.78, 5) is 17.6. The van der Waals surface area contributed by atoms with E-state index in [0.717, 1.165) is 32.6 Å². The number of ketones is 1. The van der Waals surface area contributed by atoms with Crippen LogP contribution in [0.25, 0.3) is 0 Å². The Bertz CT molecular complexity index is 286. The molecule has 0 saturated carbocycles. The van der Waals surface area contributed by atoms with Gasteiger partial charge in [-0.25, -0.2) is 0 Å². The van der Waals surface area contributed by atoms with Gasteiger partial charge in [-0.15, -0.1) is 0 Å². The number of piperidine rings is 2. The smallest absolute Gasteiger partial charge is 0.147 e. The molecule has 2 unspecified atom stereocenters. The van der Waals surface area contributed by atoms with Gasteiger partial charge in [-0.05, 0) is 6.42 Å². The summed E-state index contributed by atoms with van der Waals surface area (Å²) < 4.78 is 0. The molecule has 0 aromatic carbocycles. The van der Waals surface area contributed by atoms with Gasteiger partial charge in [-0.3, -0.25) is 4.79 Å². The van der Waals surface area contributed by atoms with Crippen LogP contribution in [0.1, 0.15) is 26.2 Å². The van der Waals surface area contributed by atoms with Gasteiger partial charge in [0.2, 0.25) is 0 Å². The van der Waals surface area contributed by atoms with Crippen LogP contribution in [0.2, 0.25) is 0 Å². The minimum atomic E-state index is 0.00762. The summed E-state index contributed by atoms with van der Waals surface area (Å²) in [6.07, 6.45) is 3.53. The van der Waals surface area contributed by atoms with Crippen LogP contribution < -0.4 is 0 Å². The third kappa shape index (κ3) is 1.52. The van der Waals surface area contributed by atoms with E-state index in [1.807, 2.05) is 0 Å². The van der Waals surface area contributed by atoms with E-state index < -0.39 is 0 Å². The number of unbranched alkanes of at least 4 members (excludes halogenated alkanes) is 1. The summed E-state index contributed by atoms with van der Waals surface area (Å²) in [7, 11) is 0. The van der Waals surface area contributed by atoms with Crippen LogP contribution in [0.3, 0.4) is 0 Å². The molecule has 0 N–H and O–H groups in total. The van der Waals surface area contributed by atoms with Crippen LogP contribution in [-0.4, -0.2) is 54.9 Å². The van der Waals surface area contributed by atoms with E-state index in [4.69, 9.17) is 0 Å². The first-order chi connectivity index (χ1) is 7.73. The Labute approximate surface area is 97.8 Å². The highest BCUT2D eigenvalue weighted by Gasteiger charge is 2.52. The van der Waals surface area contributed by atoms with Crippen molar-refractivity contribution in [3.63, 3.8) is 0 Å². The number of carbonyl (C=O) groups excluding carboxylic acids is 1. The maximum absolute atomic E-state index is 12.5. The van der Waals surface area contributed by atoms with E-state index in [9.17, 15) is 4.79 Å². The molecule has 4 heterocycles. The molecule has 4 aliphatic heterocycles. The first-order valence-corrected chi connectivity index (χ1v) is 6.72. The first-order valence-electron chi connectivity index (χ1n) is 6.72. The summed E-state index contributed by atoms with van der Waals surface area (Å²) in [5.74, 6) is 0.914. The van der Waals surface area contributed by atoms with E-state index in [1.54, 1.807) is 0 Å². The van der Waals surface area contributed by atoms with Gasteiger partial charge in [0.25, 0.3) is 0 Å². The zero-order valence-corrected chi connectivity index (χ0v) is 10.2. The number of Topliss-reactive ketones (excluding diaryl/α,β-unsaturated/α-hetero) is 1. The van der Waals surface area contributed by atoms with Gasteiger partial charge in [-0.2, -0.15) is 0 Å². The fourth-order valence-corrected chi connectivity index (χ4v) is 3.89. The third-order valence-electron chi connectivity index (χ3n) is 4.64. The van der Waals surface area contributed by atoms with Crippen LogP contribution in [0.4, 0.5) is 0 Å². The average Bonchev–Trinajstić information content (AvgIpc) is 2.51. The number of hydrogen-bond donors (Lipinski definition) is 0.